The van der Waals surface area contributed by atoms with Crippen LogP contribution < -0.4 is 5.73 Å². The molecule has 14 heavy (non-hydrogen) atoms. The van der Waals surface area contributed by atoms with Crippen molar-refractivity contribution in [2.75, 3.05) is 6.61 Å². The van der Waals surface area contributed by atoms with Crippen molar-refractivity contribution in [2.45, 2.75) is 13.2 Å². The maximum Gasteiger partial charge on any atom is 0.177 e. The Hall–Kier alpha value is -1.42. The highest BCUT2D eigenvalue weighted by molar-refractivity contribution is 6.01. The van der Waals surface area contributed by atoms with Crippen molar-refractivity contribution >= 4 is 5.84 Å². The third-order valence-corrected chi connectivity index (χ3v) is 2.15. The van der Waals surface area contributed by atoms with Gasteiger partial charge in [0, 0.05) is 12.2 Å². The molecule has 74 valence electrons. The van der Waals surface area contributed by atoms with Crippen LogP contribution in [0.2, 0.25) is 0 Å². The molecule has 2 N–H and O–H groups in total. The second-order valence-corrected chi connectivity index (χ2v) is 3.03. The highest BCUT2D eigenvalue weighted by Gasteiger charge is 2.26. The first kappa shape index (κ1) is 9.15. The average Bonchev–Trinajstić information content (AvgIpc) is 2.46. The summed E-state index contributed by atoms with van der Waals surface area (Å²) in [6.07, 6.45) is -0.439. The van der Waals surface area contributed by atoms with Gasteiger partial charge in [0.15, 0.2) is 6.23 Å². The summed E-state index contributed by atoms with van der Waals surface area (Å²) in [5.41, 5.74) is 6.69. The molecular weight excluding hydrogens is 183 g/mol. The molecule has 0 aromatic heterocycles. The predicted octanol–water partition coefficient (Wildman–Crippen LogP) is 1.58. The highest BCUT2D eigenvalue weighted by Crippen LogP contribution is 2.30. The van der Waals surface area contributed by atoms with Gasteiger partial charge in [-0.2, -0.15) is 0 Å². The second-order valence-electron chi connectivity index (χ2n) is 3.03. The van der Waals surface area contributed by atoms with Crippen molar-refractivity contribution in [3.8, 4) is 0 Å². The number of halogens is 1. The Morgan fingerprint density at radius 3 is 3.07 bits per heavy atom. The topological polar surface area (TPSA) is 47.6 Å². The molecule has 1 atom stereocenters. The van der Waals surface area contributed by atoms with Crippen molar-refractivity contribution in [2.24, 2.45) is 10.7 Å². The molecule has 1 aliphatic heterocycles. The molecule has 2 rings (SSSR count). The third kappa shape index (κ3) is 1.28. The van der Waals surface area contributed by atoms with Crippen LogP contribution in [0.25, 0.3) is 0 Å². The molecule has 0 amide bonds. The Labute approximate surface area is 81.4 Å². The Bertz CT molecular complexity index is 390. The van der Waals surface area contributed by atoms with Crippen molar-refractivity contribution in [1.82, 2.24) is 0 Å². The van der Waals surface area contributed by atoms with E-state index >= 15 is 0 Å². The zero-order valence-electron chi connectivity index (χ0n) is 7.83. The van der Waals surface area contributed by atoms with Gasteiger partial charge in [0.05, 0.1) is 5.56 Å². The fraction of sp³-hybridized carbons (Fsp3) is 0.300. The van der Waals surface area contributed by atoms with E-state index in [1.165, 1.54) is 6.07 Å². The molecule has 0 radical (unpaired) electrons. The summed E-state index contributed by atoms with van der Waals surface area (Å²) in [6, 6.07) is 4.78. The molecule has 0 saturated carbocycles. The summed E-state index contributed by atoms with van der Waals surface area (Å²) >= 11 is 0. The number of nitrogens with two attached hydrogens (primary N) is 1. The lowest BCUT2D eigenvalue weighted by molar-refractivity contribution is 0.0716. The van der Waals surface area contributed by atoms with Gasteiger partial charge in [-0.3, -0.25) is 0 Å². The molecule has 0 saturated heterocycles. The van der Waals surface area contributed by atoms with Gasteiger partial charge in [0.25, 0.3) is 0 Å². The zero-order chi connectivity index (χ0) is 10.1. The first-order valence-corrected chi connectivity index (χ1v) is 4.47. The number of ether oxygens (including phenoxy) is 1. The molecule has 0 spiro atoms. The predicted molar refractivity (Wildman–Crippen MR) is 51.5 cm³/mol. The smallest absolute Gasteiger partial charge is 0.177 e. The van der Waals surface area contributed by atoms with Crippen molar-refractivity contribution < 1.29 is 9.13 Å². The van der Waals surface area contributed by atoms with Crippen LogP contribution in [0.3, 0.4) is 0 Å². The van der Waals surface area contributed by atoms with E-state index in [1.807, 2.05) is 6.92 Å². The number of nitrogens with zero attached hydrogens (tertiary/aromatic N) is 1. The van der Waals surface area contributed by atoms with E-state index in [2.05, 4.69) is 4.99 Å². The van der Waals surface area contributed by atoms with Crippen LogP contribution in [-0.2, 0) is 4.74 Å². The largest absolute Gasteiger partial charge is 0.383 e. The molecule has 1 heterocycles. The molecule has 1 aromatic rings. The molecule has 0 fully saturated rings. The number of amidine groups is 1. The van der Waals surface area contributed by atoms with E-state index in [9.17, 15) is 4.39 Å². The second kappa shape index (κ2) is 3.38. The van der Waals surface area contributed by atoms with Crippen LogP contribution in [0.4, 0.5) is 4.39 Å². The Balaban J connectivity index is 2.46. The van der Waals surface area contributed by atoms with Crippen molar-refractivity contribution in [3.63, 3.8) is 0 Å². The molecule has 0 bridgehead atoms. The van der Waals surface area contributed by atoms with Crippen LogP contribution in [0.15, 0.2) is 23.2 Å². The van der Waals surface area contributed by atoms with Crippen molar-refractivity contribution in [1.29, 1.82) is 0 Å². The van der Waals surface area contributed by atoms with E-state index in [1.54, 1.807) is 12.1 Å². The summed E-state index contributed by atoms with van der Waals surface area (Å²) in [5.74, 6) is -0.123. The van der Waals surface area contributed by atoms with Crippen LogP contribution in [0, 0.1) is 5.82 Å². The van der Waals surface area contributed by atoms with Gasteiger partial charge in [-0.05, 0) is 13.0 Å². The minimum atomic E-state index is -0.439. The van der Waals surface area contributed by atoms with Gasteiger partial charge in [-0.15, -0.1) is 0 Å². The fourth-order valence-electron chi connectivity index (χ4n) is 1.56. The van der Waals surface area contributed by atoms with Crippen LogP contribution in [0.5, 0.6) is 0 Å². The summed E-state index contributed by atoms with van der Waals surface area (Å²) in [6.45, 7) is 2.39. The number of hydrogen-bond acceptors (Lipinski definition) is 3. The molecule has 0 aliphatic carbocycles. The molecule has 4 heteroatoms. The fourth-order valence-corrected chi connectivity index (χ4v) is 1.56. The normalized spacial score (nSPS) is 19.3. The number of fused-ring (bicyclic) bond motifs is 1. The number of hydrogen-bond donors (Lipinski definition) is 1. The first-order valence-electron chi connectivity index (χ1n) is 4.47. The Morgan fingerprint density at radius 2 is 2.36 bits per heavy atom. The Morgan fingerprint density at radius 1 is 1.57 bits per heavy atom. The first-order chi connectivity index (χ1) is 6.74. The van der Waals surface area contributed by atoms with E-state index < -0.39 is 6.23 Å². The maximum absolute atomic E-state index is 13.3. The Kier molecular flexibility index (Phi) is 2.21. The standard InChI is InChI=1S/C10H11FN2O/c1-2-14-10-6-4-3-5-7(11)8(6)9(12)13-10/h3-5,10H,2H2,1H3,(H2,12,13). The monoisotopic (exact) mass is 194 g/mol. The number of rotatable bonds is 2. The molecule has 1 aliphatic rings. The summed E-state index contributed by atoms with van der Waals surface area (Å²) < 4.78 is 18.7. The molecule has 3 nitrogen and oxygen atoms in total. The molecule has 1 aromatic carbocycles. The van der Waals surface area contributed by atoms with E-state index in [0.717, 1.165) is 0 Å². The van der Waals surface area contributed by atoms with Gasteiger partial charge in [0.1, 0.15) is 11.7 Å². The molecule has 1 unspecified atom stereocenters. The minimum Gasteiger partial charge on any atom is -0.383 e. The lowest BCUT2D eigenvalue weighted by Gasteiger charge is -2.08. The lowest BCUT2D eigenvalue weighted by atomic mass is 10.1. The number of aliphatic imine (C=N–C) groups is 1. The molecular formula is C10H11FN2O. The summed E-state index contributed by atoms with van der Waals surface area (Å²) in [4.78, 5) is 4.04. The van der Waals surface area contributed by atoms with E-state index in [0.29, 0.717) is 17.7 Å². The van der Waals surface area contributed by atoms with E-state index in [-0.39, 0.29) is 11.7 Å². The third-order valence-electron chi connectivity index (χ3n) is 2.15. The van der Waals surface area contributed by atoms with Gasteiger partial charge in [-0.1, -0.05) is 12.1 Å². The SMILES string of the molecule is CCOC1N=C(N)c2c(F)cccc21. The average molecular weight is 194 g/mol. The maximum atomic E-state index is 13.3. The van der Waals surface area contributed by atoms with Crippen LogP contribution >= 0.6 is 0 Å². The van der Waals surface area contributed by atoms with Crippen LogP contribution in [-0.4, -0.2) is 12.4 Å². The van der Waals surface area contributed by atoms with Gasteiger partial charge in [0.2, 0.25) is 0 Å². The zero-order valence-corrected chi connectivity index (χ0v) is 7.83. The van der Waals surface area contributed by atoms with Gasteiger partial charge < -0.3 is 10.5 Å². The van der Waals surface area contributed by atoms with Crippen LogP contribution in [0.1, 0.15) is 24.3 Å². The summed E-state index contributed by atoms with van der Waals surface area (Å²) in [5, 5.41) is 0. The number of benzene rings is 1. The summed E-state index contributed by atoms with van der Waals surface area (Å²) in [7, 11) is 0. The van der Waals surface area contributed by atoms with Gasteiger partial charge in [-0.25, -0.2) is 9.38 Å². The highest BCUT2D eigenvalue weighted by atomic mass is 19.1. The van der Waals surface area contributed by atoms with E-state index in [4.69, 9.17) is 10.5 Å². The van der Waals surface area contributed by atoms with Gasteiger partial charge >= 0.3 is 0 Å². The lowest BCUT2D eigenvalue weighted by Crippen LogP contribution is -2.12. The quantitative estimate of drug-likeness (QED) is 0.777. The minimum absolute atomic E-state index is 0.219. The van der Waals surface area contributed by atoms with Crippen molar-refractivity contribution in [3.05, 3.63) is 35.1 Å².